The van der Waals surface area contributed by atoms with Crippen molar-refractivity contribution in [3.05, 3.63) is 56.8 Å². The summed E-state index contributed by atoms with van der Waals surface area (Å²) in [5.41, 5.74) is 2.06. The minimum absolute atomic E-state index is 0.268. The lowest BCUT2D eigenvalue weighted by Gasteiger charge is -2.08. The standard InChI is InChI=1S/C16H11Cl3N2O2S2/c1-25(22,23)11-4-2-9(3-5-11)14-8-24-16(20-14)21-15-12(18)6-10(17)7-13(15)19/h2-8H,1H3,(H,20,21). The number of benzene rings is 2. The molecule has 0 bridgehead atoms. The van der Waals surface area contributed by atoms with Crippen molar-refractivity contribution >= 4 is 66.8 Å². The highest BCUT2D eigenvalue weighted by Gasteiger charge is 2.12. The second kappa shape index (κ2) is 7.13. The predicted octanol–water partition coefficient (Wildman–Crippen LogP) is 5.92. The van der Waals surface area contributed by atoms with Crippen LogP contribution >= 0.6 is 46.1 Å². The smallest absolute Gasteiger partial charge is 0.187 e. The minimum atomic E-state index is -3.22. The molecule has 4 nitrogen and oxygen atoms in total. The van der Waals surface area contributed by atoms with Gasteiger partial charge in [-0.1, -0.05) is 46.9 Å². The van der Waals surface area contributed by atoms with E-state index in [4.69, 9.17) is 34.8 Å². The maximum absolute atomic E-state index is 11.5. The fraction of sp³-hybridized carbons (Fsp3) is 0.0625. The third-order valence-corrected chi connectivity index (χ3v) is 6.02. The van der Waals surface area contributed by atoms with Crippen molar-refractivity contribution in [2.75, 3.05) is 11.6 Å². The Bertz CT molecular complexity index is 1010. The molecule has 3 rings (SSSR count). The van der Waals surface area contributed by atoms with Crippen molar-refractivity contribution in [3.63, 3.8) is 0 Å². The van der Waals surface area contributed by atoms with Gasteiger partial charge in [0.25, 0.3) is 0 Å². The summed E-state index contributed by atoms with van der Waals surface area (Å²) < 4.78 is 23.0. The van der Waals surface area contributed by atoms with Crippen LogP contribution in [0.25, 0.3) is 11.3 Å². The molecule has 1 aromatic heterocycles. The molecule has 1 N–H and O–H groups in total. The van der Waals surface area contributed by atoms with Gasteiger partial charge in [-0.3, -0.25) is 0 Å². The lowest BCUT2D eigenvalue weighted by atomic mass is 10.2. The van der Waals surface area contributed by atoms with Crippen molar-refractivity contribution in [2.45, 2.75) is 4.90 Å². The number of sulfone groups is 1. The Hall–Kier alpha value is -1.31. The van der Waals surface area contributed by atoms with Gasteiger partial charge in [-0.2, -0.15) is 0 Å². The SMILES string of the molecule is CS(=O)(=O)c1ccc(-c2csc(Nc3c(Cl)cc(Cl)cc3Cl)n2)cc1. The Kier molecular flexibility index (Phi) is 5.27. The Balaban J connectivity index is 1.86. The van der Waals surface area contributed by atoms with Gasteiger partial charge in [-0.05, 0) is 24.3 Å². The number of rotatable bonds is 4. The summed E-state index contributed by atoms with van der Waals surface area (Å²) in [6.45, 7) is 0. The average molecular weight is 434 g/mol. The summed E-state index contributed by atoms with van der Waals surface area (Å²) >= 11 is 19.6. The summed E-state index contributed by atoms with van der Waals surface area (Å²) in [5.74, 6) is 0. The zero-order valence-electron chi connectivity index (χ0n) is 12.8. The molecule has 0 aliphatic carbocycles. The highest BCUT2D eigenvalue weighted by molar-refractivity contribution is 7.90. The topological polar surface area (TPSA) is 59.1 Å². The van der Waals surface area contributed by atoms with Gasteiger partial charge in [0.1, 0.15) is 0 Å². The first-order valence-electron chi connectivity index (χ1n) is 6.91. The monoisotopic (exact) mass is 432 g/mol. The molecule has 9 heteroatoms. The third-order valence-electron chi connectivity index (χ3n) is 3.32. The predicted molar refractivity (Wildman–Crippen MR) is 105 cm³/mol. The first kappa shape index (κ1) is 18.5. The van der Waals surface area contributed by atoms with E-state index in [0.29, 0.717) is 31.6 Å². The largest absolute Gasteiger partial charge is 0.329 e. The molecule has 130 valence electrons. The fourth-order valence-corrected chi connectivity index (χ4v) is 4.37. The number of hydrogen-bond acceptors (Lipinski definition) is 5. The lowest BCUT2D eigenvalue weighted by molar-refractivity contribution is 0.602. The van der Waals surface area contributed by atoms with E-state index in [1.807, 2.05) is 5.38 Å². The first-order valence-corrected chi connectivity index (χ1v) is 10.8. The van der Waals surface area contributed by atoms with Crippen LogP contribution in [0.3, 0.4) is 0 Å². The zero-order valence-corrected chi connectivity index (χ0v) is 16.7. The Morgan fingerprint density at radius 3 is 2.20 bits per heavy atom. The number of thiazole rings is 1. The van der Waals surface area contributed by atoms with Crippen LogP contribution in [0.1, 0.15) is 0 Å². The van der Waals surface area contributed by atoms with E-state index in [1.54, 1.807) is 36.4 Å². The van der Waals surface area contributed by atoms with Crippen LogP contribution in [0.2, 0.25) is 15.1 Å². The number of nitrogens with zero attached hydrogens (tertiary/aromatic N) is 1. The van der Waals surface area contributed by atoms with Crippen molar-refractivity contribution in [3.8, 4) is 11.3 Å². The van der Waals surface area contributed by atoms with E-state index in [0.717, 1.165) is 5.56 Å². The van der Waals surface area contributed by atoms with Crippen LogP contribution in [0.5, 0.6) is 0 Å². The second-order valence-corrected chi connectivity index (χ2v) is 9.33. The Morgan fingerprint density at radius 1 is 1.04 bits per heavy atom. The summed E-state index contributed by atoms with van der Waals surface area (Å²) in [4.78, 5) is 4.75. The van der Waals surface area contributed by atoms with Crippen molar-refractivity contribution in [1.29, 1.82) is 0 Å². The van der Waals surface area contributed by atoms with Gasteiger partial charge < -0.3 is 5.32 Å². The Labute approximate surface area is 164 Å². The average Bonchev–Trinajstić information content (AvgIpc) is 2.99. The summed E-state index contributed by atoms with van der Waals surface area (Å²) in [6, 6.07) is 9.74. The minimum Gasteiger partial charge on any atom is -0.329 e. The number of nitrogens with one attached hydrogen (secondary N) is 1. The molecule has 0 aliphatic rings. The van der Waals surface area contributed by atoms with Crippen LogP contribution in [0.4, 0.5) is 10.8 Å². The van der Waals surface area contributed by atoms with E-state index < -0.39 is 9.84 Å². The van der Waals surface area contributed by atoms with Gasteiger partial charge in [0, 0.05) is 22.2 Å². The van der Waals surface area contributed by atoms with Crippen LogP contribution in [0.15, 0.2) is 46.7 Å². The lowest BCUT2D eigenvalue weighted by Crippen LogP contribution is -1.96. The number of aromatic nitrogens is 1. The van der Waals surface area contributed by atoms with Crippen LogP contribution in [-0.2, 0) is 9.84 Å². The molecule has 0 atom stereocenters. The molecule has 0 unspecified atom stereocenters. The van der Waals surface area contributed by atoms with E-state index in [2.05, 4.69) is 10.3 Å². The van der Waals surface area contributed by atoms with E-state index in [1.165, 1.54) is 17.6 Å². The zero-order chi connectivity index (χ0) is 18.2. The van der Waals surface area contributed by atoms with Crippen molar-refractivity contribution < 1.29 is 8.42 Å². The van der Waals surface area contributed by atoms with Gasteiger partial charge in [-0.25, -0.2) is 13.4 Å². The molecule has 25 heavy (non-hydrogen) atoms. The maximum Gasteiger partial charge on any atom is 0.187 e. The summed E-state index contributed by atoms with van der Waals surface area (Å²) in [6.07, 6.45) is 1.17. The number of anilines is 2. The van der Waals surface area contributed by atoms with Crippen LogP contribution in [-0.4, -0.2) is 19.7 Å². The van der Waals surface area contributed by atoms with Gasteiger partial charge in [-0.15, -0.1) is 11.3 Å². The number of hydrogen-bond donors (Lipinski definition) is 1. The van der Waals surface area contributed by atoms with Gasteiger partial charge >= 0.3 is 0 Å². The van der Waals surface area contributed by atoms with Crippen LogP contribution < -0.4 is 5.32 Å². The summed E-state index contributed by atoms with van der Waals surface area (Å²) in [7, 11) is -3.22. The fourth-order valence-electron chi connectivity index (χ4n) is 2.11. The van der Waals surface area contributed by atoms with Crippen molar-refractivity contribution in [1.82, 2.24) is 4.98 Å². The molecule has 0 aliphatic heterocycles. The first-order chi connectivity index (χ1) is 11.7. The summed E-state index contributed by atoms with van der Waals surface area (Å²) in [5, 5.41) is 6.78. The molecule has 0 amide bonds. The van der Waals surface area contributed by atoms with Crippen LogP contribution in [0, 0.1) is 0 Å². The Morgan fingerprint density at radius 2 is 1.64 bits per heavy atom. The normalized spacial score (nSPS) is 11.5. The molecular formula is C16H11Cl3N2O2S2. The van der Waals surface area contributed by atoms with Gasteiger partial charge in [0.05, 0.1) is 26.3 Å². The van der Waals surface area contributed by atoms with Gasteiger partial charge in [0.2, 0.25) is 0 Å². The third kappa shape index (κ3) is 4.27. The highest BCUT2D eigenvalue weighted by atomic mass is 35.5. The molecule has 2 aromatic carbocycles. The molecule has 3 aromatic rings. The number of halogens is 3. The second-order valence-electron chi connectivity index (χ2n) is 5.20. The van der Waals surface area contributed by atoms with E-state index in [-0.39, 0.29) is 4.90 Å². The maximum atomic E-state index is 11.5. The van der Waals surface area contributed by atoms with E-state index >= 15 is 0 Å². The molecule has 0 radical (unpaired) electrons. The molecular weight excluding hydrogens is 423 g/mol. The molecule has 0 fully saturated rings. The molecule has 0 saturated heterocycles. The quantitative estimate of drug-likeness (QED) is 0.555. The molecule has 0 saturated carbocycles. The molecule has 0 spiro atoms. The van der Waals surface area contributed by atoms with E-state index in [9.17, 15) is 8.42 Å². The highest BCUT2D eigenvalue weighted by Crippen LogP contribution is 2.37. The van der Waals surface area contributed by atoms with Crippen molar-refractivity contribution in [2.24, 2.45) is 0 Å². The van der Waals surface area contributed by atoms with Gasteiger partial charge in [0.15, 0.2) is 15.0 Å². The molecule has 1 heterocycles.